The van der Waals surface area contributed by atoms with Gasteiger partial charge in [0.05, 0.1) is 27.6 Å². The standard InChI is InChI=1S/C15H22FN3O4S.C10H14FN3O2S.C9H8ClFO3S.C8H6FNO3S.C6H7FN2O2S.C6H6FN.C4H9Br2N.CClNO3S.BrH/c1-15(2,3)23-14(20)19-8-6-18(7-9-19)12-5-4-11(16)10-13(12)24(17,21)22;11-8-1-2-9(10(7-8)17(12,15)16)14-5-3-13-4-6-14;10-15(13,14)6-9(12)5-7-1-3-8(11)4-2-7;9-5-1-2-6-7(3-5)14(12,13)4-8(11)10-6;7-4-1-2-5(8)6(3-4)12(9,10)11;7-5-1-3-6(8)4-2-5;5-1-3-7-4-2-6;2-7(5,6)3-1-4;/h4-5,10H,6-9H2,1-3H3,(H2,17,21,22);1-2,7,13H,3-6H2,(H2,12,15,16);1-4H,5-6H2;1-3H,4H2,(H,10,11);1-3H,8H2,(H2,9,10,11);1-4H,8H2;7H,1-4H2;;1H. The summed E-state index contributed by atoms with van der Waals surface area (Å²) in [7, 11) is -14.1. The lowest BCUT2D eigenvalue weighted by atomic mass is 10.1. The van der Waals surface area contributed by atoms with Crippen molar-refractivity contribution in [2.45, 2.75) is 52.4 Å². The summed E-state index contributed by atoms with van der Waals surface area (Å²) in [6.07, 6.45) is 0.290. The number of alkyl halides is 2. The van der Waals surface area contributed by atoms with Crippen LogP contribution in [0.1, 0.15) is 26.3 Å². The van der Waals surface area contributed by atoms with Crippen LogP contribution in [-0.2, 0) is 83.7 Å². The van der Waals surface area contributed by atoms with Crippen molar-refractivity contribution in [2.24, 2.45) is 19.8 Å². The van der Waals surface area contributed by atoms with Gasteiger partial charge in [0, 0.05) is 110 Å². The van der Waals surface area contributed by atoms with E-state index >= 15 is 0 Å². The third kappa shape index (κ3) is 39.2. The number of nitrogens with two attached hydrogens (primary N) is 5. The van der Waals surface area contributed by atoms with Gasteiger partial charge in [0.1, 0.15) is 66.7 Å². The number of sulfonamides is 3. The first kappa shape index (κ1) is 96.4. The maximum atomic E-state index is 13.4. The van der Waals surface area contributed by atoms with E-state index in [1.807, 2.05) is 4.90 Å². The number of ketones is 1. The number of hydrogen-bond acceptors (Lipinski definition) is 23. The van der Waals surface area contributed by atoms with E-state index in [1.165, 1.54) is 78.9 Å². The van der Waals surface area contributed by atoms with Gasteiger partial charge in [0.25, 0.3) is 6.08 Å². The molecule has 0 aliphatic carbocycles. The van der Waals surface area contributed by atoms with Crippen molar-refractivity contribution in [3.8, 4) is 0 Å². The number of amides is 2. The summed E-state index contributed by atoms with van der Waals surface area (Å²) in [6.45, 7) is 11.9. The Morgan fingerprint density at radius 3 is 1.42 bits per heavy atom. The van der Waals surface area contributed by atoms with Crippen molar-refractivity contribution in [1.82, 2.24) is 15.5 Å². The number of sulfone groups is 1. The van der Waals surface area contributed by atoms with Crippen LogP contribution >= 0.6 is 70.2 Å². The number of anilines is 5. The van der Waals surface area contributed by atoms with Gasteiger partial charge >= 0.3 is 15.3 Å². The van der Waals surface area contributed by atoms with E-state index in [0.717, 1.165) is 85.4 Å². The minimum absolute atomic E-state index is 0. The molecule has 0 radical (unpaired) electrons. The number of carbonyl (C=O) groups is 3. The van der Waals surface area contributed by atoms with Crippen LogP contribution in [0.4, 0.5) is 59.6 Å². The Kier molecular flexibility index (Phi) is 41.0. The molecule has 0 unspecified atom stereocenters. The maximum Gasteiger partial charge on any atom is 0.410 e. The minimum Gasteiger partial charge on any atom is -0.444 e. The van der Waals surface area contributed by atoms with Crippen molar-refractivity contribution < 1.29 is 101 Å². The minimum atomic E-state index is -4.05. The van der Waals surface area contributed by atoms with Crippen molar-refractivity contribution in [3.05, 3.63) is 162 Å². The zero-order chi connectivity index (χ0) is 79.2. The van der Waals surface area contributed by atoms with Crippen LogP contribution in [0.2, 0.25) is 0 Å². The van der Waals surface area contributed by atoms with Crippen molar-refractivity contribution in [2.75, 3.05) is 114 Å². The highest BCUT2D eigenvalue weighted by Gasteiger charge is 2.31. The molecular formula is C59H73Br3Cl2F6N12O17S6. The number of nitrogens with one attached hydrogen (secondary N) is 3. The molecule has 0 aromatic heterocycles. The molecule has 2 amide bonds. The Morgan fingerprint density at radius 2 is 1.03 bits per heavy atom. The van der Waals surface area contributed by atoms with Gasteiger partial charge in [0.2, 0.25) is 45.0 Å². The molecule has 3 aliphatic rings. The molecule has 0 atom stereocenters. The van der Waals surface area contributed by atoms with E-state index in [4.69, 9.17) is 47.1 Å². The smallest absolute Gasteiger partial charge is 0.410 e. The number of hydrogen-bond donors (Lipinski definition) is 8. The number of benzene rings is 6. The third-order valence-electron chi connectivity index (χ3n) is 12.5. The largest absolute Gasteiger partial charge is 0.444 e. The Balaban J connectivity index is 0.000000619. The molecule has 3 heterocycles. The molecular weight excluding hydrogens is 1770 g/mol. The number of carbonyl (C=O) groups excluding carboxylic acids is 4. The van der Waals surface area contributed by atoms with E-state index in [-0.39, 0.29) is 60.2 Å². The van der Waals surface area contributed by atoms with Crippen molar-refractivity contribution >= 4 is 181 Å². The molecule has 46 heteroatoms. The highest BCUT2D eigenvalue weighted by molar-refractivity contribution is 9.09. The average molecular weight is 1840 g/mol. The second-order valence-corrected chi connectivity index (χ2v) is 35.1. The molecule has 105 heavy (non-hydrogen) atoms. The molecule has 13 N–H and O–H groups in total. The molecule has 3 aliphatic heterocycles. The van der Waals surface area contributed by atoms with E-state index in [1.54, 1.807) is 30.6 Å². The molecule has 0 spiro atoms. The molecule has 0 saturated carbocycles. The fourth-order valence-corrected chi connectivity index (χ4v) is 13.3. The van der Waals surface area contributed by atoms with Gasteiger partial charge in [0.15, 0.2) is 15.6 Å². The van der Waals surface area contributed by atoms with E-state index in [2.05, 4.69) is 62.9 Å². The fourth-order valence-electron chi connectivity index (χ4n) is 8.20. The van der Waals surface area contributed by atoms with Gasteiger partial charge in [-0.2, -0.15) is 8.42 Å². The van der Waals surface area contributed by atoms with Crippen LogP contribution < -0.4 is 52.6 Å². The zero-order valence-corrected chi connectivity index (χ0v) is 66.7. The second kappa shape index (κ2) is 44.6. The number of nitrogens with zero attached hydrogens (tertiary/aromatic N) is 4. The third-order valence-corrected chi connectivity index (χ3v) is 19.3. The van der Waals surface area contributed by atoms with Gasteiger partial charge in [-0.15, -0.1) is 17.0 Å². The van der Waals surface area contributed by atoms with Crippen LogP contribution in [0.25, 0.3) is 0 Å². The maximum absolute atomic E-state index is 13.4. The molecule has 584 valence electrons. The lowest BCUT2D eigenvalue weighted by Gasteiger charge is -2.37. The number of ether oxygens (including phenoxy) is 1. The Hall–Kier alpha value is -6.59. The van der Waals surface area contributed by atoms with Gasteiger partial charge < -0.3 is 46.9 Å². The van der Waals surface area contributed by atoms with Gasteiger partial charge in [-0.05, 0) is 136 Å². The SMILES string of the molecule is Br.BrCCNCCBr.CC(C)(C)OC(=O)N1CCN(c2ccc(F)cc2S(N)(=O)=O)CC1.NS(=O)(=O)c1cc(F)ccc1N1CCNCC1.Nc1ccc(F)cc1.Nc1ccc(F)cc1S(N)(=O)=O.O=C(Cc1ccc(F)cc1)CS(=O)(=O)Cl.O=C1CS(=O)(=O)c2cc(F)ccc2N1.O=C=NS(=O)(=O)Cl. The number of nitrogen functional groups attached to an aromatic ring is 2. The number of fused-ring (bicyclic) bond motifs is 1. The highest BCUT2D eigenvalue weighted by atomic mass is 79.9. The van der Waals surface area contributed by atoms with E-state index < -0.39 is 122 Å². The Labute approximate surface area is 640 Å². The summed E-state index contributed by atoms with van der Waals surface area (Å²) in [4.78, 5) is 47.5. The van der Waals surface area contributed by atoms with Gasteiger partial charge in [-0.25, -0.2) is 93.4 Å². The lowest BCUT2D eigenvalue weighted by molar-refractivity contribution is -0.116. The van der Waals surface area contributed by atoms with Crippen LogP contribution in [0.3, 0.4) is 0 Å². The summed E-state index contributed by atoms with van der Waals surface area (Å²) in [5.41, 5.74) is 12.0. The summed E-state index contributed by atoms with van der Waals surface area (Å²) in [5.74, 6) is -5.69. The zero-order valence-electron chi connectivity index (χ0n) is 55.4. The second-order valence-electron chi connectivity index (χ2n) is 22.0. The van der Waals surface area contributed by atoms with Crippen LogP contribution in [-0.4, -0.2) is 172 Å². The topological polar surface area (TPSA) is 471 Å². The monoisotopic (exact) mass is 1830 g/mol. The van der Waals surface area contributed by atoms with E-state index in [9.17, 15) is 91.2 Å². The molecule has 6 aromatic carbocycles. The lowest BCUT2D eigenvalue weighted by Crippen LogP contribution is -2.50. The summed E-state index contributed by atoms with van der Waals surface area (Å²) < 4.78 is 215. The number of piperazine rings is 2. The first-order valence-electron chi connectivity index (χ1n) is 29.3. The van der Waals surface area contributed by atoms with Crippen LogP contribution in [0, 0.1) is 34.9 Å². The number of halogens is 11. The first-order chi connectivity index (χ1) is 48.0. The number of primary sulfonamides is 3. The average Bonchev–Trinajstić information content (AvgIpc) is 0.788. The summed E-state index contributed by atoms with van der Waals surface area (Å²) in [6, 6.07) is 24.3. The molecule has 0 bridgehead atoms. The van der Waals surface area contributed by atoms with Gasteiger partial charge in [-0.1, -0.05) is 48.4 Å². The normalized spacial score (nSPS) is 13.9. The van der Waals surface area contributed by atoms with Crippen LogP contribution in [0.5, 0.6) is 0 Å². The number of rotatable bonds is 14. The number of isocyanates is 1. The first-order valence-corrected chi connectivity index (χ1v) is 42.6. The molecule has 2 fully saturated rings. The molecule has 9 rings (SSSR count). The number of Topliss-reactive ketones (excluding diaryl/α,β-unsaturated/α-hetero) is 1. The highest BCUT2D eigenvalue weighted by Crippen LogP contribution is 2.29. The van der Waals surface area contributed by atoms with Crippen molar-refractivity contribution in [1.29, 1.82) is 0 Å². The van der Waals surface area contributed by atoms with E-state index in [0.29, 0.717) is 61.9 Å². The van der Waals surface area contributed by atoms with Crippen molar-refractivity contribution in [3.63, 3.8) is 0 Å². The van der Waals surface area contributed by atoms with Crippen LogP contribution in [0.15, 0.2) is 145 Å². The predicted molar refractivity (Wildman–Crippen MR) is 399 cm³/mol. The molecule has 2 saturated heterocycles. The summed E-state index contributed by atoms with van der Waals surface area (Å²) >= 11 is 6.60. The molecule has 29 nitrogen and oxygen atoms in total. The predicted octanol–water partition coefficient (Wildman–Crippen LogP) is 6.68. The fraction of sp³-hybridized carbons (Fsp3) is 0.322. The Morgan fingerprint density at radius 1 is 0.619 bits per heavy atom. The van der Waals surface area contributed by atoms with Gasteiger partial charge in [-0.3, -0.25) is 9.59 Å². The molecule has 6 aromatic rings. The Bertz CT molecular complexity index is 4640. The summed E-state index contributed by atoms with van der Waals surface area (Å²) in [5, 5.41) is 25.8. The quantitative estimate of drug-likeness (QED) is 0.0107.